The summed E-state index contributed by atoms with van der Waals surface area (Å²) in [6, 6.07) is 14.6. The quantitative estimate of drug-likeness (QED) is 0.293. The van der Waals surface area contributed by atoms with Crippen LogP contribution >= 0.6 is 24.0 Å². The highest BCUT2D eigenvalue weighted by Crippen LogP contribution is 2.14. The molecule has 1 aromatic carbocycles. The lowest BCUT2D eigenvalue weighted by Crippen LogP contribution is -2.39. The molecule has 0 fully saturated rings. The van der Waals surface area contributed by atoms with Crippen LogP contribution in [0.25, 0.3) is 10.9 Å². The molecule has 6 heteroatoms. The first-order valence-electron chi connectivity index (χ1n) is 8.54. The molecule has 3 N–H and O–H groups in total. The SMILES string of the molecule is CCNC(=NCCc1cc2ccccc2[nH]1)NCCn1cccc1.I. The van der Waals surface area contributed by atoms with Crippen molar-refractivity contribution in [3.05, 3.63) is 60.6 Å². The first-order valence-corrected chi connectivity index (χ1v) is 8.54. The van der Waals surface area contributed by atoms with Crippen LogP contribution < -0.4 is 10.6 Å². The number of guanidine groups is 1. The number of benzene rings is 1. The summed E-state index contributed by atoms with van der Waals surface area (Å²) in [6.07, 6.45) is 5.05. The number of para-hydroxylation sites is 1. The Labute approximate surface area is 165 Å². The molecule has 0 atom stereocenters. The fourth-order valence-corrected chi connectivity index (χ4v) is 2.72. The minimum atomic E-state index is 0. The van der Waals surface area contributed by atoms with Crippen LogP contribution in [0, 0.1) is 0 Å². The van der Waals surface area contributed by atoms with Gasteiger partial charge in [-0.25, -0.2) is 0 Å². The van der Waals surface area contributed by atoms with E-state index in [0.717, 1.165) is 38.6 Å². The van der Waals surface area contributed by atoms with Gasteiger partial charge in [-0.2, -0.15) is 0 Å². The van der Waals surface area contributed by atoms with Gasteiger partial charge in [0.05, 0.1) is 0 Å². The number of rotatable bonds is 7. The van der Waals surface area contributed by atoms with Crippen molar-refractivity contribution in [3.63, 3.8) is 0 Å². The second kappa shape index (κ2) is 10.1. The van der Waals surface area contributed by atoms with Gasteiger partial charge in [-0.3, -0.25) is 4.99 Å². The summed E-state index contributed by atoms with van der Waals surface area (Å²) in [5.41, 5.74) is 2.41. The van der Waals surface area contributed by atoms with Gasteiger partial charge in [0, 0.05) is 56.2 Å². The average Bonchev–Trinajstić information content (AvgIpc) is 3.23. The van der Waals surface area contributed by atoms with Crippen LogP contribution in [0.5, 0.6) is 0 Å². The monoisotopic (exact) mass is 451 g/mol. The highest BCUT2D eigenvalue weighted by Gasteiger charge is 2.01. The maximum absolute atomic E-state index is 4.66. The third kappa shape index (κ3) is 5.81. The van der Waals surface area contributed by atoms with Crippen molar-refractivity contribution in [3.8, 4) is 0 Å². The van der Waals surface area contributed by atoms with Gasteiger partial charge >= 0.3 is 0 Å². The van der Waals surface area contributed by atoms with E-state index in [1.54, 1.807) is 0 Å². The maximum Gasteiger partial charge on any atom is 0.191 e. The molecule has 0 saturated carbocycles. The fraction of sp³-hybridized carbons (Fsp3) is 0.316. The van der Waals surface area contributed by atoms with Gasteiger partial charge in [0.2, 0.25) is 0 Å². The Hall–Kier alpha value is -1.96. The number of H-pyrrole nitrogens is 1. The Kier molecular flexibility index (Phi) is 7.84. The van der Waals surface area contributed by atoms with E-state index in [1.165, 1.54) is 16.6 Å². The highest BCUT2D eigenvalue weighted by molar-refractivity contribution is 14.0. The molecule has 5 nitrogen and oxygen atoms in total. The summed E-state index contributed by atoms with van der Waals surface area (Å²) in [5, 5.41) is 7.93. The molecule has 0 aliphatic rings. The van der Waals surface area contributed by atoms with Crippen molar-refractivity contribution in [2.45, 2.75) is 19.9 Å². The van der Waals surface area contributed by atoms with Crippen molar-refractivity contribution >= 4 is 40.8 Å². The molecular weight excluding hydrogens is 425 g/mol. The van der Waals surface area contributed by atoms with Crippen LogP contribution in [0.2, 0.25) is 0 Å². The molecule has 0 amide bonds. The number of nitrogens with one attached hydrogen (secondary N) is 3. The smallest absolute Gasteiger partial charge is 0.191 e. The minimum Gasteiger partial charge on any atom is -0.358 e. The molecule has 0 bridgehead atoms. The molecule has 3 rings (SSSR count). The van der Waals surface area contributed by atoms with Crippen LogP contribution in [0.3, 0.4) is 0 Å². The number of nitrogens with zero attached hydrogens (tertiary/aromatic N) is 2. The number of hydrogen-bond donors (Lipinski definition) is 3. The van der Waals surface area contributed by atoms with Gasteiger partial charge in [-0.15, -0.1) is 24.0 Å². The van der Waals surface area contributed by atoms with Crippen LogP contribution in [0.15, 0.2) is 59.9 Å². The summed E-state index contributed by atoms with van der Waals surface area (Å²) < 4.78 is 2.15. The zero-order chi connectivity index (χ0) is 16.6. The zero-order valence-electron chi connectivity index (χ0n) is 14.5. The van der Waals surface area contributed by atoms with Crippen molar-refractivity contribution < 1.29 is 0 Å². The van der Waals surface area contributed by atoms with Crippen LogP contribution in [-0.4, -0.2) is 35.1 Å². The topological polar surface area (TPSA) is 57.1 Å². The summed E-state index contributed by atoms with van der Waals surface area (Å²) in [4.78, 5) is 8.11. The molecule has 0 unspecified atom stereocenters. The van der Waals surface area contributed by atoms with Gasteiger partial charge in [-0.05, 0) is 36.6 Å². The Morgan fingerprint density at radius 3 is 2.68 bits per heavy atom. The molecule has 25 heavy (non-hydrogen) atoms. The largest absolute Gasteiger partial charge is 0.358 e. The van der Waals surface area contributed by atoms with Gasteiger partial charge in [0.1, 0.15) is 0 Å². The highest BCUT2D eigenvalue weighted by atomic mass is 127. The number of fused-ring (bicyclic) bond motifs is 1. The normalized spacial score (nSPS) is 11.3. The molecule has 0 aliphatic heterocycles. The minimum absolute atomic E-state index is 0. The Balaban J connectivity index is 0.00000225. The summed E-state index contributed by atoms with van der Waals surface area (Å²) in [5.74, 6) is 0.876. The molecule has 134 valence electrons. The average molecular weight is 451 g/mol. The molecule has 0 radical (unpaired) electrons. The lowest BCUT2D eigenvalue weighted by atomic mass is 10.2. The van der Waals surface area contributed by atoms with Gasteiger partial charge < -0.3 is 20.2 Å². The van der Waals surface area contributed by atoms with Gasteiger partial charge in [0.25, 0.3) is 0 Å². The molecule has 3 aromatic rings. The summed E-state index contributed by atoms with van der Waals surface area (Å²) in [6.45, 7) is 5.49. The van der Waals surface area contributed by atoms with Crippen molar-refractivity contribution in [2.75, 3.05) is 19.6 Å². The number of halogens is 1. The van der Waals surface area contributed by atoms with Crippen molar-refractivity contribution in [2.24, 2.45) is 4.99 Å². The molecule has 2 heterocycles. The van der Waals surface area contributed by atoms with Crippen LogP contribution in [-0.2, 0) is 13.0 Å². The molecular formula is C19H26IN5. The van der Waals surface area contributed by atoms with Crippen molar-refractivity contribution in [1.82, 2.24) is 20.2 Å². The number of hydrogen-bond acceptors (Lipinski definition) is 1. The number of aromatic nitrogens is 2. The van der Waals surface area contributed by atoms with E-state index in [1.807, 2.05) is 12.1 Å². The first kappa shape index (κ1) is 19.4. The number of aromatic amines is 1. The molecule has 0 spiro atoms. The fourth-order valence-electron chi connectivity index (χ4n) is 2.72. The third-order valence-corrected chi connectivity index (χ3v) is 3.91. The zero-order valence-corrected chi connectivity index (χ0v) is 16.9. The molecule has 2 aromatic heterocycles. The third-order valence-electron chi connectivity index (χ3n) is 3.91. The predicted molar refractivity (Wildman–Crippen MR) is 116 cm³/mol. The van der Waals surface area contributed by atoms with Crippen molar-refractivity contribution in [1.29, 1.82) is 0 Å². The van der Waals surface area contributed by atoms with E-state index in [2.05, 4.69) is 74.8 Å². The summed E-state index contributed by atoms with van der Waals surface area (Å²) in [7, 11) is 0. The van der Waals surface area contributed by atoms with Gasteiger partial charge in [-0.1, -0.05) is 18.2 Å². The Morgan fingerprint density at radius 2 is 1.92 bits per heavy atom. The van der Waals surface area contributed by atoms with Crippen LogP contribution in [0.1, 0.15) is 12.6 Å². The molecule has 0 aliphatic carbocycles. The Bertz CT molecular complexity index is 743. The predicted octanol–water partition coefficient (Wildman–Crippen LogP) is 3.39. The standard InChI is InChI=1S/C19H25N5.HI/c1-2-20-19(22-11-14-24-12-5-6-13-24)21-10-9-17-15-16-7-3-4-8-18(16)23-17;/h3-8,12-13,15,23H,2,9-11,14H2,1H3,(H2,20,21,22);1H. The second-order valence-electron chi connectivity index (χ2n) is 5.74. The van der Waals surface area contributed by atoms with Crippen LogP contribution in [0.4, 0.5) is 0 Å². The van der Waals surface area contributed by atoms with E-state index in [-0.39, 0.29) is 24.0 Å². The first-order chi connectivity index (χ1) is 11.8. The Morgan fingerprint density at radius 1 is 1.12 bits per heavy atom. The lowest BCUT2D eigenvalue weighted by Gasteiger charge is -2.11. The van der Waals surface area contributed by atoms with E-state index >= 15 is 0 Å². The maximum atomic E-state index is 4.66. The number of aliphatic imine (C=N–C) groups is 1. The van der Waals surface area contributed by atoms with E-state index in [0.29, 0.717) is 0 Å². The molecule has 0 saturated heterocycles. The second-order valence-corrected chi connectivity index (χ2v) is 5.74. The van der Waals surface area contributed by atoms with E-state index in [4.69, 9.17) is 0 Å². The van der Waals surface area contributed by atoms with E-state index < -0.39 is 0 Å². The van der Waals surface area contributed by atoms with E-state index in [9.17, 15) is 0 Å². The summed E-state index contributed by atoms with van der Waals surface area (Å²) >= 11 is 0. The van der Waals surface area contributed by atoms with Gasteiger partial charge in [0.15, 0.2) is 5.96 Å². The lowest BCUT2D eigenvalue weighted by molar-refractivity contribution is 0.665.